The van der Waals surface area contributed by atoms with Crippen LogP contribution < -0.4 is 0 Å². The molecule has 1 aromatic carbocycles. The Kier molecular flexibility index (Phi) is 4.69. The molecule has 1 nitrogen and oxygen atoms in total. The molecular weight excluding hydrogens is 260 g/mol. The van der Waals surface area contributed by atoms with Crippen LogP contribution in [-0.2, 0) is 6.42 Å². The molecule has 0 amide bonds. The second-order valence-electron chi connectivity index (χ2n) is 3.03. The number of Topliss-reactive ketones (excluding diaryl/α,β-unsaturated/α-hetero) is 1. The second kappa shape index (κ2) is 5.56. The van der Waals surface area contributed by atoms with Gasteiger partial charge in [0.1, 0.15) is 0 Å². The quantitative estimate of drug-likeness (QED) is 0.504. The zero-order chi connectivity index (χ0) is 10.6. The summed E-state index contributed by atoms with van der Waals surface area (Å²) in [7, 11) is 0. The van der Waals surface area contributed by atoms with Crippen LogP contribution in [0.2, 0.25) is 0 Å². The molecule has 0 saturated carbocycles. The predicted molar refractivity (Wildman–Crippen MR) is 65.8 cm³/mol. The van der Waals surface area contributed by atoms with Crippen LogP contribution in [-0.4, -0.2) is 11.1 Å². The van der Waals surface area contributed by atoms with E-state index in [1.54, 1.807) is 0 Å². The van der Waals surface area contributed by atoms with Gasteiger partial charge >= 0.3 is 0 Å². The van der Waals surface area contributed by atoms with Gasteiger partial charge in [-0.25, -0.2) is 0 Å². The molecule has 0 N–H and O–H groups in total. The van der Waals surface area contributed by atoms with E-state index in [1.807, 2.05) is 25.1 Å². The molecule has 0 bridgehead atoms. The molecule has 0 spiro atoms. The van der Waals surface area contributed by atoms with Gasteiger partial charge in [-0.3, -0.25) is 4.79 Å². The third-order valence-corrected chi connectivity index (χ3v) is 2.88. The van der Waals surface area contributed by atoms with Crippen LogP contribution in [0.5, 0.6) is 0 Å². The van der Waals surface area contributed by atoms with E-state index in [-0.39, 0.29) is 5.78 Å². The first-order valence-corrected chi connectivity index (χ1v) is 6.17. The fraction of sp³-hybridized carbons (Fsp3) is 0.364. The molecule has 3 heteroatoms. The number of halogens is 1. The molecule has 0 aliphatic rings. The third-order valence-electron chi connectivity index (χ3n) is 2.11. The highest BCUT2D eigenvalue weighted by molar-refractivity contribution is 9.09. The van der Waals surface area contributed by atoms with E-state index in [2.05, 4.69) is 28.6 Å². The van der Waals surface area contributed by atoms with Crippen LogP contribution in [0.25, 0.3) is 0 Å². The third kappa shape index (κ3) is 2.61. The van der Waals surface area contributed by atoms with Crippen molar-refractivity contribution in [1.82, 2.24) is 0 Å². The average molecular weight is 273 g/mol. The number of aryl methyl sites for hydroxylation is 1. The highest BCUT2D eigenvalue weighted by atomic mass is 79.9. The van der Waals surface area contributed by atoms with E-state index in [9.17, 15) is 4.79 Å². The summed E-state index contributed by atoms with van der Waals surface area (Å²) in [6.45, 7) is 2.05. The minimum atomic E-state index is 0.171. The SMILES string of the molecule is CCc1cccc(S)c1C(=O)CCBr. The molecule has 0 aromatic heterocycles. The maximum Gasteiger partial charge on any atom is 0.165 e. The van der Waals surface area contributed by atoms with E-state index in [1.165, 1.54) is 0 Å². The van der Waals surface area contributed by atoms with Gasteiger partial charge in [0, 0.05) is 22.2 Å². The first kappa shape index (κ1) is 11.8. The van der Waals surface area contributed by atoms with Crippen molar-refractivity contribution in [2.24, 2.45) is 0 Å². The summed E-state index contributed by atoms with van der Waals surface area (Å²) in [5, 5.41) is 0.705. The largest absolute Gasteiger partial charge is 0.294 e. The maximum atomic E-state index is 11.8. The molecule has 0 atom stereocenters. The van der Waals surface area contributed by atoms with Crippen molar-refractivity contribution in [3.8, 4) is 0 Å². The number of hydrogen-bond donors (Lipinski definition) is 1. The molecule has 0 aliphatic heterocycles. The van der Waals surface area contributed by atoms with Gasteiger partial charge in [-0.15, -0.1) is 12.6 Å². The highest BCUT2D eigenvalue weighted by Gasteiger charge is 2.12. The van der Waals surface area contributed by atoms with Crippen molar-refractivity contribution in [3.05, 3.63) is 29.3 Å². The zero-order valence-corrected chi connectivity index (χ0v) is 10.6. The van der Waals surface area contributed by atoms with Gasteiger partial charge in [-0.2, -0.15) is 0 Å². The van der Waals surface area contributed by atoms with Crippen molar-refractivity contribution in [3.63, 3.8) is 0 Å². The fourth-order valence-corrected chi connectivity index (χ4v) is 2.13. The lowest BCUT2D eigenvalue weighted by Crippen LogP contribution is -2.05. The lowest BCUT2D eigenvalue weighted by molar-refractivity contribution is 0.0986. The van der Waals surface area contributed by atoms with Gasteiger partial charge in [0.05, 0.1) is 0 Å². The van der Waals surface area contributed by atoms with Crippen LogP contribution in [0.3, 0.4) is 0 Å². The summed E-state index contributed by atoms with van der Waals surface area (Å²) in [4.78, 5) is 12.6. The summed E-state index contributed by atoms with van der Waals surface area (Å²) in [5.74, 6) is 0.171. The second-order valence-corrected chi connectivity index (χ2v) is 4.30. The molecule has 1 aromatic rings. The Bertz CT molecular complexity index is 336. The monoisotopic (exact) mass is 272 g/mol. The van der Waals surface area contributed by atoms with Gasteiger partial charge < -0.3 is 0 Å². The van der Waals surface area contributed by atoms with Crippen LogP contribution in [0.1, 0.15) is 29.3 Å². The molecule has 0 aliphatic carbocycles. The van der Waals surface area contributed by atoms with Crippen molar-refractivity contribution < 1.29 is 4.79 Å². The molecule has 0 radical (unpaired) electrons. The lowest BCUT2D eigenvalue weighted by atomic mass is 10.0. The number of benzene rings is 1. The average Bonchev–Trinajstić information content (AvgIpc) is 2.17. The Morgan fingerprint density at radius 2 is 2.21 bits per heavy atom. The molecule has 0 fully saturated rings. The number of hydrogen-bond acceptors (Lipinski definition) is 2. The highest BCUT2D eigenvalue weighted by Crippen LogP contribution is 2.21. The molecular formula is C11H13BrOS. The molecule has 0 unspecified atom stereocenters. The van der Waals surface area contributed by atoms with E-state index in [0.29, 0.717) is 11.8 Å². The van der Waals surface area contributed by atoms with Gasteiger partial charge in [0.15, 0.2) is 5.78 Å². The molecule has 14 heavy (non-hydrogen) atoms. The van der Waals surface area contributed by atoms with Gasteiger partial charge in [-0.1, -0.05) is 35.0 Å². The summed E-state index contributed by atoms with van der Waals surface area (Å²) in [5.41, 5.74) is 1.88. The number of carbonyl (C=O) groups excluding carboxylic acids is 1. The molecule has 76 valence electrons. The van der Waals surface area contributed by atoms with Crippen LogP contribution in [0.15, 0.2) is 23.1 Å². The zero-order valence-electron chi connectivity index (χ0n) is 8.09. The van der Waals surface area contributed by atoms with Gasteiger partial charge in [0.25, 0.3) is 0 Å². The number of ketones is 1. The predicted octanol–water partition coefficient (Wildman–Crippen LogP) is 3.51. The van der Waals surface area contributed by atoms with Crippen LogP contribution in [0, 0.1) is 0 Å². The number of carbonyl (C=O) groups is 1. The smallest absolute Gasteiger partial charge is 0.165 e. The molecule has 0 heterocycles. The van der Waals surface area contributed by atoms with E-state index >= 15 is 0 Å². The maximum absolute atomic E-state index is 11.8. The first-order valence-electron chi connectivity index (χ1n) is 4.60. The van der Waals surface area contributed by atoms with E-state index < -0.39 is 0 Å². The van der Waals surface area contributed by atoms with Gasteiger partial charge in [-0.05, 0) is 18.1 Å². The minimum Gasteiger partial charge on any atom is -0.294 e. The lowest BCUT2D eigenvalue weighted by Gasteiger charge is -2.08. The Balaban J connectivity index is 3.10. The van der Waals surface area contributed by atoms with Crippen molar-refractivity contribution in [2.45, 2.75) is 24.7 Å². The van der Waals surface area contributed by atoms with Crippen molar-refractivity contribution >= 4 is 34.3 Å². The molecule has 1 rings (SSSR count). The van der Waals surface area contributed by atoms with Gasteiger partial charge in [0.2, 0.25) is 0 Å². The van der Waals surface area contributed by atoms with E-state index in [0.717, 1.165) is 22.4 Å². The van der Waals surface area contributed by atoms with Crippen LogP contribution in [0.4, 0.5) is 0 Å². The Labute approximate surface area is 98.4 Å². The topological polar surface area (TPSA) is 17.1 Å². The number of thiol groups is 1. The van der Waals surface area contributed by atoms with Crippen molar-refractivity contribution in [1.29, 1.82) is 0 Å². The minimum absolute atomic E-state index is 0.171. The van der Waals surface area contributed by atoms with Crippen molar-refractivity contribution in [2.75, 3.05) is 5.33 Å². The van der Waals surface area contributed by atoms with Crippen LogP contribution >= 0.6 is 28.6 Å². The Morgan fingerprint density at radius 1 is 1.50 bits per heavy atom. The Morgan fingerprint density at radius 3 is 2.79 bits per heavy atom. The summed E-state index contributed by atoms with van der Waals surface area (Å²) in [6, 6.07) is 5.79. The number of rotatable bonds is 4. The summed E-state index contributed by atoms with van der Waals surface area (Å²) >= 11 is 7.59. The summed E-state index contributed by atoms with van der Waals surface area (Å²) in [6.07, 6.45) is 1.41. The summed E-state index contributed by atoms with van der Waals surface area (Å²) < 4.78 is 0. The standard InChI is InChI=1S/C11H13BrOS/c1-2-8-4-3-5-10(14)11(8)9(13)6-7-12/h3-5,14H,2,6-7H2,1H3. The number of alkyl halides is 1. The first-order chi connectivity index (χ1) is 6.70. The van der Waals surface area contributed by atoms with E-state index in [4.69, 9.17) is 0 Å². The molecule has 0 saturated heterocycles. The normalized spacial score (nSPS) is 10.2. The fourth-order valence-electron chi connectivity index (χ4n) is 1.41. The Hall–Kier alpha value is -0.280.